The van der Waals surface area contributed by atoms with E-state index < -0.39 is 0 Å². The third-order valence-corrected chi connectivity index (χ3v) is 2.91. The minimum atomic E-state index is 0.727. The second kappa shape index (κ2) is 4.90. The molecule has 0 saturated carbocycles. The number of anilines is 1. The highest BCUT2D eigenvalue weighted by Gasteiger charge is 1.95. The number of nitrogens with zero attached hydrogens (tertiary/aromatic N) is 2. The molecule has 2 N–H and O–H groups in total. The maximum Gasteiger partial charge on any atom is 0.0863 e. The van der Waals surface area contributed by atoms with Crippen LogP contribution in [0, 0.1) is 0 Å². The molecule has 3 rings (SSSR count). The van der Waals surface area contributed by atoms with Crippen LogP contribution in [-0.2, 0) is 0 Å². The zero-order chi connectivity index (χ0) is 13.1. The first-order chi connectivity index (χ1) is 9.31. The molecule has 0 aromatic heterocycles. The van der Waals surface area contributed by atoms with Crippen molar-refractivity contribution in [3.05, 3.63) is 66.7 Å². The molecule has 0 saturated heterocycles. The number of hydrogen-bond donors (Lipinski definition) is 1. The quantitative estimate of drug-likeness (QED) is 0.511. The Morgan fingerprint density at radius 3 is 2.05 bits per heavy atom. The molecule has 3 aromatic carbocycles. The Labute approximate surface area is 111 Å². The summed E-state index contributed by atoms with van der Waals surface area (Å²) in [6.45, 7) is 0. The number of benzene rings is 3. The van der Waals surface area contributed by atoms with Gasteiger partial charge in [-0.15, -0.1) is 0 Å². The van der Waals surface area contributed by atoms with Gasteiger partial charge in [-0.1, -0.05) is 30.3 Å². The van der Waals surface area contributed by atoms with E-state index in [0.717, 1.165) is 22.4 Å². The van der Waals surface area contributed by atoms with E-state index in [0.29, 0.717) is 0 Å². The van der Waals surface area contributed by atoms with Gasteiger partial charge in [0, 0.05) is 5.69 Å². The number of nitrogens with two attached hydrogens (primary N) is 1. The zero-order valence-corrected chi connectivity index (χ0v) is 10.3. The molecule has 0 aliphatic heterocycles. The lowest BCUT2D eigenvalue weighted by atomic mass is 10.1. The summed E-state index contributed by atoms with van der Waals surface area (Å²) >= 11 is 0. The normalized spacial score (nSPS) is 11.2. The smallest absolute Gasteiger partial charge is 0.0863 e. The molecule has 3 heteroatoms. The minimum absolute atomic E-state index is 0.727. The average Bonchev–Trinajstić information content (AvgIpc) is 2.46. The van der Waals surface area contributed by atoms with E-state index in [4.69, 9.17) is 5.73 Å². The van der Waals surface area contributed by atoms with E-state index in [9.17, 15) is 0 Å². The molecule has 0 unspecified atom stereocenters. The standard InChI is InChI=1S/C16H13N3/c17-14-6-9-15(10-7-14)18-19-16-8-5-12-3-1-2-4-13(12)11-16/h1-11H,17H2. The first-order valence-electron chi connectivity index (χ1n) is 6.07. The predicted octanol–water partition coefficient (Wildman–Crippen LogP) is 4.84. The van der Waals surface area contributed by atoms with Crippen molar-refractivity contribution >= 4 is 27.8 Å². The Morgan fingerprint density at radius 2 is 1.26 bits per heavy atom. The number of fused-ring (bicyclic) bond motifs is 1. The number of nitrogen functional groups attached to an aromatic ring is 1. The van der Waals surface area contributed by atoms with Crippen LogP contribution < -0.4 is 5.73 Å². The van der Waals surface area contributed by atoms with Gasteiger partial charge in [-0.25, -0.2) is 0 Å². The molecule has 3 nitrogen and oxygen atoms in total. The van der Waals surface area contributed by atoms with E-state index in [1.807, 2.05) is 54.6 Å². The molecule has 0 atom stereocenters. The molecular formula is C16H13N3. The van der Waals surface area contributed by atoms with Crippen molar-refractivity contribution in [3.63, 3.8) is 0 Å². The van der Waals surface area contributed by atoms with Gasteiger partial charge in [-0.2, -0.15) is 10.2 Å². The van der Waals surface area contributed by atoms with Crippen LogP contribution in [0.4, 0.5) is 17.1 Å². The van der Waals surface area contributed by atoms with E-state index in [1.54, 1.807) is 0 Å². The summed E-state index contributed by atoms with van der Waals surface area (Å²) < 4.78 is 0. The summed E-state index contributed by atoms with van der Waals surface area (Å²) in [5, 5.41) is 10.8. The topological polar surface area (TPSA) is 50.7 Å². The number of azo groups is 1. The molecule has 0 amide bonds. The van der Waals surface area contributed by atoms with Crippen LogP contribution in [0.1, 0.15) is 0 Å². The van der Waals surface area contributed by atoms with Gasteiger partial charge in [0.1, 0.15) is 0 Å². The third-order valence-electron chi connectivity index (χ3n) is 2.91. The van der Waals surface area contributed by atoms with E-state index in [1.165, 1.54) is 5.39 Å². The Kier molecular flexibility index (Phi) is 2.94. The van der Waals surface area contributed by atoms with E-state index in [-0.39, 0.29) is 0 Å². The fraction of sp³-hybridized carbons (Fsp3) is 0. The van der Waals surface area contributed by atoms with E-state index in [2.05, 4.69) is 22.4 Å². The van der Waals surface area contributed by atoms with Crippen LogP contribution in [-0.4, -0.2) is 0 Å². The SMILES string of the molecule is Nc1ccc(N=Nc2ccc3ccccc3c2)cc1. The molecule has 92 valence electrons. The highest BCUT2D eigenvalue weighted by molar-refractivity contribution is 5.85. The van der Waals surface area contributed by atoms with Crippen molar-refractivity contribution in [2.75, 3.05) is 5.73 Å². The minimum Gasteiger partial charge on any atom is -0.399 e. The lowest BCUT2D eigenvalue weighted by molar-refractivity contribution is 1.24. The summed E-state index contributed by atoms with van der Waals surface area (Å²) in [6.07, 6.45) is 0. The lowest BCUT2D eigenvalue weighted by Gasteiger charge is -1.98. The van der Waals surface area contributed by atoms with Crippen LogP contribution >= 0.6 is 0 Å². The molecule has 3 aromatic rings. The van der Waals surface area contributed by atoms with Gasteiger partial charge in [-0.3, -0.25) is 0 Å². The fourth-order valence-corrected chi connectivity index (χ4v) is 1.90. The van der Waals surface area contributed by atoms with Gasteiger partial charge in [-0.05, 0) is 47.2 Å². The van der Waals surface area contributed by atoms with Crippen molar-refractivity contribution in [1.29, 1.82) is 0 Å². The van der Waals surface area contributed by atoms with Crippen molar-refractivity contribution in [1.82, 2.24) is 0 Å². The Morgan fingerprint density at radius 1 is 0.632 bits per heavy atom. The summed E-state index contributed by atoms with van der Waals surface area (Å²) in [6, 6.07) is 21.5. The molecule has 0 bridgehead atoms. The molecule has 0 heterocycles. The van der Waals surface area contributed by atoms with Crippen molar-refractivity contribution in [2.45, 2.75) is 0 Å². The van der Waals surface area contributed by atoms with E-state index >= 15 is 0 Å². The maximum absolute atomic E-state index is 5.62. The van der Waals surface area contributed by atoms with Crippen molar-refractivity contribution in [2.24, 2.45) is 10.2 Å². The van der Waals surface area contributed by atoms with Crippen LogP contribution in [0.5, 0.6) is 0 Å². The first-order valence-corrected chi connectivity index (χ1v) is 6.07. The second-order valence-electron chi connectivity index (χ2n) is 4.32. The summed E-state index contributed by atoms with van der Waals surface area (Å²) in [4.78, 5) is 0. The molecule has 0 spiro atoms. The van der Waals surface area contributed by atoms with Crippen LogP contribution in [0.15, 0.2) is 77.0 Å². The van der Waals surface area contributed by atoms with Gasteiger partial charge in [0.25, 0.3) is 0 Å². The lowest BCUT2D eigenvalue weighted by Crippen LogP contribution is -1.80. The summed E-state index contributed by atoms with van der Waals surface area (Å²) in [5.41, 5.74) is 7.99. The number of hydrogen-bond acceptors (Lipinski definition) is 3. The predicted molar refractivity (Wildman–Crippen MR) is 79.0 cm³/mol. The van der Waals surface area contributed by atoms with Crippen LogP contribution in [0.25, 0.3) is 10.8 Å². The molecular weight excluding hydrogens is 234 g/mol. The fourth-order valence-electron chi connectivity index (χ4n) is 1.90. The first kappa shape index (κ1) is 11.4. The third kappa shape index (κ3) is 2.60. The van der Waals surface area contributed by atoms with Gasteiger partial charge in [0.2, 0.25) is 0 Å². The van der Waals surface area contributed by atoms with Gasteiger partial charge in [0.05, 0.1) is 11.4 Å². The van der Waals surface area contributed by atoms with Crippen molar-refractivity contribution in [3.8, 4) is 0 Å². The average molecular weight is 247 g/mol. The van der Waals surface area contributed by atoms with Gasteiger partial charge >= 0.3 is 0 Å². The molecule has 0 radical (unpaired) electrons. The molecule has 19 heavy (non-hydrogen) atoms. The molecule has 0 aliphatic rings. The second-order valence-corrected chi connectivity index (χ2v) is 4.32. The highest BCUT2D eigenvalue weighted by Crippen LogP contribution is 2.23. The number of rotatable bonds is 2. The largest absolute Gasteiger partial charge is 0.399 e. The monoisotopic (exact) mass is 247 g/mol. The zero-order valence-electron chi connectivity index (χ0n) is 10.3. The molecule has 0 fully saturated rings. The Bertz CT molecular complexity index is 730. The summed E-state index contributed by atoms with van der Waals surface area (Å²) in [7, 11) is 0. The highest BCUT2D eigenvalue weighted by atomic mass is 15.1. The molecule has 0 aliphatic carbocycles. The Balaban J connectivity index is 1.90. The van der Waals surface area contributed by atoms with Crippen LogP contribution in [0.3, 0.4) is 0 Å². The maximum atomic E-state index is 5.62. The summed E-state index contributed by atoms with van der Waals surface area (Å²) in [5.74, 6) is 0. The van der Waals surface area contributed by atoms with Gasteiger partial charge < -0.3 is 5.73 Å². The van der Waals surface area contributed by atoms with Crippen molar-refractivity contribution < 1.29 is 0 Å². The van der Waals surface area contributed by atoms with Crippen LogP contribution in [0.2, 0.25) is 0 Å². The Hall–Kier alpha value is -2.68. The van der Waals surface area contributed by atoms with Gasteiger partial charge in [0.15, 0.2) is 0 Å².